The molecule has 33 heavy (non-hydrogen) atoms. The highest BCUT2D eigenvalue weighted by molar-refractivity contribution is 6.36. The number of nitrogen functional groups attached to an aromatic ring is 1. The molecule has 2 aromatic heterocycles. The Morgan fingerprint density at radius 2 is 1.88 bits per heavy atom. The molecular weight excluding hydrogens is 470 g/mol. The van der Waals surface area contributed by atoms with Crippen LogP contribution in [0.5, 0.6) is 11.5 Å². The standard InChI is InChI=1S/C23H23Cl2FN4O3/c1-13(21-16(24)3-4-17(26)22(21)25)33-19-9-14(11-29-23(19)27)15-12-28-20(10-18(15)31-2)30-5-7-32-8-6-30/h3-4,9-13H,5-8H2,1-2H3,(H2,27,29). The number of nitrogens with zero attached hydrogens (tertiary/aromatic N) is 3. The summed E-state index contributed by atoms with van der Waals surface area (Å²) in [5, 5.41) is 0.198. The number of halogens is 3. The first-order chi connectivity index (χ1) is 15.9. The van der Waals surface area contributed by atoms with E-state index < -0.39 is 11.9 Å². The van der Waals surface area contributed by atoms with Gasteiger partial charge in [-0.15, -0.1) is 0 Å². The molecule has 1 aliphatic rings. The van der Waals surface area contributed by atoms with Crippen molar-refractivity contribution >= 4 is 34.8 Å². The maximum absolute atomic E-state index is 14.0. The lowest BCUT2D eigenvalue weighted by Crippen LogP contribution is -2.36. The normalized spacial score (nSPS) is 14.8. The maximum atomic E-state index is 14.0. The third-order valence-corrected chi connectivity index (χ3v) is 6.10. The second-order valence-electron chi connectivity index (χ2n) is 7.47. The molecule has 1 aliphatic heterocycles. The zero-order valence-electron chi connectivity index (χ0n) is 18.1. The van der Waals surface area contributed by atoms with Gasteiger partial charge in [-0.1, -0.05) is 23.2 Å². The molecule has 10 heteroatoms. The summed E-state index contributed by atoms with van der Waals surface area (Å²) >= 11 is 12.4. The average molecular weight is 493 g/mol. The lowest BCUT2D eigenvalue weighted by molar-refractivity contribution is 0.122. The summed E-state index contributed by atoms with van der Waals surface area (Å²) in [6.07, 6.45) is 2.66. The monoisotopic (exact) mass is 492 g/mol. The van der Waals surface area contributed by atoms with Crippen molar-refractivity contribution in [3.05, 3.63) is 58.1 Å². The van der Waals surface area contributed by atoms with Gasteiger partial charge >= 0.3 is 0 Å². The van der Waals surface area contributed by atoms with Gasteiger partial charge in [-0.05, 0) is 25.1 Å². The van der Waals surface area contributed by atoms with Crippen LogP contribution in [0.4, 0.5) is 16.0 Å². The van der Waals surface area contributed by atoms with E-state index in [0.717, 1.165) is 24.5 Å². The molecule has 2 N–H and O–H groups in total. The van der Waals surface area contributed by atoms with Crippen molar-refractivity contribution in [1.82, 2.24) is 9.97 Å². The van der Waals surface area contributed by atoms with Gasteiger partial charge in [0.2, 0.25) is 0 Å². The Balaban J connectivity index is 1.64. The van der Waals surface area contributed by atoms with Gasteiger partial charge in [0.05, 0.1) is 25.3 Å². The van der Waals surface area contributed by atoms with Crippen molar-refractivity contribution < 1.29 is 18.6 Å². The number of benzene rings is 1. The SMILES string of the molecule is COc1cc(N2CCOCC2)ncc1-c1cnc(N)c(OC(C)c2c(Cl)ccc(F)c2Cl)c1. The first kappa shape index (κ1) is 23.4. The average Bonchev–Trinajstić information content (AvgIpc) is 2.83. The molecule has 0 radical (unpaired) electrons. The van der Waals surface area contributed by atoms with Gasteiger partial charge in [0.15, 0.2) is 11.6 Å². The van der Waals surface area contributed by atoms with Crippen LogP contribution in [0.3, 0.4) is 0 Å². The number of hydrogen-bond donors (Lipinski definition) is 1. The highest BCUT2D eigenvalue weighted by atomic mass is 35.5. The van der Waals surface area contributed by atoms with Crippen LogP contribution in [0, 0.1) is 5.82 Å². The first-order valence-corrected chi connectivity index (χ1v) is 11.1. The summed E-state index contributed by atoms with van der Waals surface area (Å²) in [4.78, 5) is 11.0. The van der Waals surface area contributed by atoms with Crippen molar-refractivity contribution in [2.75, 3.05) is 44.0 Å². The Kier molecular flexibility index (Phi) is 7.07. The molecule has 4 rings (SSSR count). The van der Waals surface area contributed by atoms with Gasteiger partial charge in [-0.25, -0.2) is 14.4 Å². The van der Waals surface area contributed by atoms with Gasteiger partial charge in [-0.3, -0.25) is 0 Å². The van der Waals surface area contributed by atoms with E-state index >= 15 is 0 Å². The van der Waals surface area contributed by atoms with Crippen LogP contribution in [0.25, 0.3) is 11.1 Å². The molecule has 0 amide bonds. The molecule has 1 atom stereocenters. The minimum absolute atomic E-state index is 0.0951. The predicted octanol–water partition coefficient (Wildman–Crippen LogP) is 5.16. The summed E-state index contributed by atoms with van der Waals surface area (Å²) in [6, 6.07) is 6.25. The summed E-state index contributed by atoms with van der Waals surface area (Å²) in [5.41, 5.74) is 7.80. The van der Waals surface area contributed by atoms with Gasteiger partial charge < -0.3 is 24.8 Å². The number of anilines is 2. The third-order valence-electron chi connectivity index (χ3n) is 5.39. The second kappa shape index (κ2) is 9.99. The molecule has 174 valence electrons. The zero-order chi connectivity index (χ0) is 23.5. The Bertz CT molecular complexity index is 1160. The molecule has 1 saturated heterocycles. The van der Waals surface area contributed by atoms with Crippen LogP contribution in [0.15, 0.2) is 36.7 Å². The van der Waals surface area contributed by atoms with E-state index in [4.69, 9.17) is 43.1 Å². The van der Waals surface area contributed by atoms with E-state index in [1.807, 2.05) is 6.07 Å². The van der Waals surface area contributed by atoms with Crippen LogP contribution >= 0.6 is 23.2 Å². The molecular formula is C23H23Cl2FN4O3. The minimum atomic E-state index is -0.677. The second-order valence-corrected chi connectivity index (χ2v) is 8.25. The van der Waals surface area contributed by atoms with Crippen molar-refractivity contribution in [1.29, 1.82) is 0 Å². The van der Waals surface area contributed by atoms with E-state index in [1.54, 1.807) is 32.5 Å². The third kappa shape index (κ3) is 4.93. The number of ether oxygens (including phenoxy) is 3. The summed E-state index contributed by atoms with van der Waals surface area (Å²) in [7, 11) is 1.60. The highest BCUT2D eigenvalue weighted by Crippen LogP contribution is 2.38. The Morgan fingerprint density at radius 3 is 2.61 bits per heavy atom. The van der Waals surface area contributed by atoms with Crippen LogP contribution in [0.2, 0.25) is 10.0 Å². The fourth-order valence-electron chi connectivity index (χ4n) is 3.64. The fraction of sp³-hybridized carbons (Fsp3) is 0.304. The Morgan fingerprint density at radius 1 is 1.12 bits per heavy atom. The molecule has 1 fully saturated rings. The Hall–Kier alpha value is -2.81. The van der Waals surface area contributed by atoms with E-state index in [1.165, 1.54) is 12.1 Å². The number of methoxy groups -OCH3 is 1. The van der Waals surface area contributed by atoms with E-state index in [9.17, 15) is 4.39 Å². The van der Waals surface area contributed by atoms with Crippen LogP contribution in [0.1, 0.15) is 18.6 Å². The van der Waals surface area contributed by atoms with Crippen LogP contribution in [-0.2, 0) is 4.74 Å². The van der Waals surface area contributed by atoms with Gasteiger partial charge in [0.25, 0.3) is 0 Å². The van der Waals surface area contributed by atoms with Gasteiger partial charge in [-0.2, -0.15) is 0 Å². The molecule has 0 spiro atoms. The molecule has 1 aromatic carbocycles. The molecule has 0 aliphatic carbocycles. The smallest absolute Gasteiger partial charge is 0.166 e. The number of nitrogens with two attached hydrogens (primary N) is 1. The topological polar surface area (TPSA) is 82.7 Å². The number of rotatable bonds is 6. The fourth-order valence-corrected chi connectivity index (χ4v) is 4.32. The quantitative estimate of drug-likeness (QED) is 0.475. The van der Waals surface area contributed by atoms with E-state index in [-0.39, 0.29) is 10.8 Å². The van der Waals surface area contributed by atoms with Crippen molar-refractivity contribution in [2.45, 2.75) is 13.0 Å². The lowest BCUT2D eigenvalue weighted by atomic mass is 10.1. The molecule has 3 heterocycles. The van der Waals surface area contributed by atoms with Crippen molar-refractivity contribution in [3.8, 4) is 22.6 Å². The lowest BCUT2D eigenvalue weighted by Gasteiger charge is -2.28. The van der Waals surface area contributed by atoms with Gasteiger partial charge in [0.1, 0.15) is 23.5 Å². The van der Waals surface area contributed by atoms with Gasteiger partial charge in [0, 0.05) is 53.3 Å². The summed E-state index contributed by atoms with van der Waals surface area (Å²) in [5.74, 6) is 1.33. The highest BCUT2D eigenvalue weighted by Gasteiger charge is 2.21. The summed E-state index contributed by atoms with van der Waals surface area (Å²) in [6.45, 7) is 4.55. The first-order valence-electron chi connectivity index (χ1n) is 10.3. The molecule has 0 bridgehead atoms. The number of aromatic nitrogens is 2. The van der Waals surface area contributed by atoms with Crippen LogP contribution in [-0.4, -0.2) is 43.4 Å². The number of pyridine rings is 2. The minimum Gasteiger partial charge on any atom is -0.496 e. The van der Waals surface area contributed by atoms with Crippen molar-refractivity contribution in [2.24, 2.45) is 0 Å². The Labute approximate surface area is 201 Å². The molecule has 1 unspecified atom stereocenters. The van der Waals surface area contributed by atoms with Crippen LogP contribution < -0.4 is 20.1 Å². The predicted molar refractivity (Wildman–Crippen MR) is 127 cm³/mol. The van der Waals surface area contributed by atoms with Crippen molar-refractivity contribution in [3.63, 3.8) is 0 Å². The van der Waals surface area contributed by atoms with E-state index in [0.29, 0.717) is 40.9 Å². The van der Waals surface area contributed by atoms with E-state index in [2.05, 4.69) is 14.9 Å². The maximum Gasteiger partial charge on any atom is 0.166 e. The number of morpholine rings is 1. The zero-order valence-corrected chi connectivity index (χ0v) is 19.7. The summed E-state index contributed by atoms with van der Waals surface area (Å²) < 4.78 is 31.0. The molecule has 7 nitrogen and oxygen atoms in total. The molecule has 0 saturated carbocycles. The largest absolute Gasteiger partial charge is 0.496 e. The molecule has 3 aromatic rings. The number of hydrogen-bond acceptors (Lipinski definition) is 7.